The van der Waals surface area contributed by atoms with Crippen LogP contribution in [0.2, 0.25) is 0 Å². The van der Waals surface area contributed by atoms with Crippen molar-refractivity contribution < 1.29 is 13.9 Å². The van der Waals surface area contributed by atoms with Gasteiger partial charge in [0.15, 0.2) is 0 Å². The summed E-state index contributed by atoms with van der Waals surface area (Å²) < 4.78 is 26.2. The lowest BCUT2D eigenvalue weighted by atomic mass is 9.83. The lowest BCUT2D eigenvalue weighted by Crippen LogP contribution is -2.11. The topological polar surface area (TPSA) is 20.2 Å². The van der Waals surface area contributed by atoms with Crippen LogP contribution in [0.4, 0.5) is 8.78 Å². The molecule has 18 heavy (non-hydrogen) atoms. The van der Waals surface area contributed by atoms with E-state index in [0.717, 1.165) is 24.5 Å². The fraction of sp³-hybridized carbons (Fsp3) is 0.467. The molecule has 3 heteroatoms. The van der Waals surface area contributed by atoms with E-state index >= 15 is 0 Å². The monoisotopic (exact) mass is 252 g/mol. The first kappa shape index (κ1) is 13.2. The van der Waals surface area contributed by atoms with Gasteiger partial charge in [-0.15, -0.1) is 0 Å². The molecule has 1 aromatic rings. The third-order valence-electron chi connectivity index (χ3n) is 3.55. The molecule has 1 nitrogen and oxygen atoms in total. The summed E-state index contributed by atoms with van der Waals surface area (Å²) >= 11 is 0. The van der Waals surface area contributed by atoms with Crippen molar-refractivity contribution in [3.05, 3.63) is 41.0 Å². The van der Waals surface area contributed by atoms with Crippen LogP contribution in [0, 0.1) is 17.6 Å². The van der Waals surface area contributed by atoms with Crippen molar-refractivity contribution in [2.24, 2.45) is 5.92 Å². The summed E-state index contributed by atoms with van der Waals surface area (Å²) in [4.78, 5) is 0. The van der Waals surface area contributed by atoms with Crippen LogP contribution in [-0.4, -0.2) is 11.7 Å². The highest BCUT2D eigenvalue weighted by atomic mass is 19.1. The minimum absolute atomic E-state index is 0.0389. The van der Waals surface area contributed by atoms with Gasteiger partial charge in [-0.05, 0) is 42.0 Å². The summed E-state index contributed by atoms with van der Waals surface area (Å²) in [6.07, 6.45) is 7.42. The number of benzene rings is 1. The SMILES string of the molecule is OC/C(=C/c1cc(F)cc(F)c1)C1CCCCC1. The predicted molar refractivity (Wildman–Crippen MR) is 68.0 cm³/mol. The fourth-order valence-corrected chi connectivity index (χ4v) is 2.64. The Balaban J connectivity index is 2.22. The number of hydrogen-bond acceptors (Lipinski definition) is 1. The van der Waals surface area contributed by atoms with Crippen molar-refractivity contribution in [3.8, 4) is 0 Å². The quantitative estimate of drug-likeness (QED) is 0.864. The molecule has 0 radical (unpaired) electrons. The van der Waals surface area contributed by atoms with Gasteiger partial charge in [-0.2, -0.15) is 0 Å². The van der Waals surface area contributed by atoms with E-state index < -0.39 is 11.6 Å². The molecular weight excluding hydrogens is 234 g/mol. The summed E-state index contributed by atoms with van der Waals surface area (Å²) in [5.41, 5.74) is 1.38. The van der Waals surface area contributed by atoms with E-state index in [-0.39, 0.29) is 6.61 Å². The van der Waals surface area contributed by atoms with Gasteiger partial charge >= 0.3 is 0 Å². The van der Waals surface area contributed by atoms with Crippen molar-refractivity contribution in [1.82, 2.24) is 0 Å². The van der Waals surface area contributed by atoms with Gasteiger partial charge in [0.25, 0.3) is 0 Å². The maximum Gasteiger partial charge on any atom is 0.126 e. The summed E-state index contributed by atoms with van der Waals surface area (Å²) in [5.74, 6) is -0.806. The van der Waals surface area contributed by atoms with Gasteiger partial charge in [-0.1, -0.05) is 25.3 Å². The molecule has 1 aromatic carbocycles. The molecule has 98 valence electrons. The Kier molecular flexibility index (Phi) is 4.48. The van der Waals surface area contributed by atoms with Crippen molar-refractivity contribution in [2.75, 3.05) is 6.61 Å². The molecule has 2 rings (SSSR count). The van der Waals surface area contributed by atoms with Gasteiger partial charge in [0, 0.05) is 6.07 Å². The van der Waals surface area contributed by atoms with Crippen molar-refractivity contribution >= 4 is 6.08 Å². The zero-order valence-electron chi connectivity index (χ0n) is 10.3. The normalized spacial score (nSPS) is 18.1. The molecule has 0 bridgehead atoms. The van der Waals surface area contributed by atoms with Gasteiger partial charge in [0.2, 0.25) is 0 Å². The van der Waals surface area contributed by atoms with Crippen LogP contribution >= 0.6 is 0 Å². The number of aliphatic hydroxyl groups is 1. The van der Waals surface area contributed by atoms with E-state index in [1.54, 1.807) is 6.08 Å². The van der Waals surface area contributed by atoms with E-state index in [0.29, 0.717) is 11.5 Å². The molecule has 1 N–H and O–H groups in total. The minimum atomic E-state index is -0.581. The Morgan fingerprint density at radius 1 is 1.11 bits per heavy atom. The molecular formula is C15H18F2O. The average Bonchev–Trinajstić information content (AvgIpc) is 2.36. The summed E-state index contributed by atoms with van der Waals surface area (Å²) in [5, 5.41) is 9.42. The molecule has 0 aliphatic heterocycles. The number of aliphatic hydroxyl groups excluding tert-OH is 1. The lowest BCUT2D eigenvalue weighted by molar-refractivity contribution is 0.295. The van der Waals surface area contributed by atoms with Crippen LogP contribution in [0.3, 0.4) is 0 Å². The van der Waals surface area contributed by atoms with E-state index in [2.05, 4.69) is 0 Å². The van der Waals surface area contributed by atoms with Gasteiger partial charge in [0.1, 0.15) is 11.6 Å². The average molecular weight is 252 g/mol. The molecule has 0 aromatic heterocycles. The van der Waals surface area contributed by atoms with Crippen LogP contribution < -0.4 is 0 Å². The number of halogens is 2. The molecule has 0 atom stereocenters. The maximum atomic E-state index is 13.1. The smallest absolute Gasteiger partial charge is 0.126 e. The second kappa shape index (κ2) is 6.10. The van der Waals surface area contributed by atoms with Crippen LogP contribution in [-0.2, 0) is 0 Å². The van der Waals surface area contributed by atoms with Crippen LogP contribution in [0.5, 0.6) is 0 Å². The highest BCUT2D eigenvalue weighted by Crippen LogP contribution is 2.30. The molecule has 0 spiro atoms. The summed E-state index contributed by atoms with van der Waals surface area (Å²) in [6, 6.07) is 3.44. The van der Waals surface area contributed by atoms with Crippen molar-refractivity contribution in [1.29, 1.82) is 0 Å². The first-order valence-corrected chi connectivity index (χ1v) is 6.46. The van der Waals surface area contributed by atoms with Gasteiger partial charge in [-0.25, -0.2) is 8.78 Å². The van der Waals surface area contributed by atoms with Crippen molar-refractivity contribution in [3.63, 3.8) is 0 Å². The largest absolute Gasteiger partial charge is 0.392 e. The molecule has 0 amide bonds. The third-order valence-corrected chi connectivity index (χ3v) is 3.55. The summed E-state index contributed by atoms with van der Waals surface area (Å²) in [7, 11) is 0. The Bertz CT molecular complexity index is 414. The Morgan fingerprint density at radius 2 is 1.72 bits per heavy atom. The number of rotatable bonds is 3. The predicted octanol–water partition coefficient (Wildman–Crippen LogP) is 3.92. The fourth-order valence-electron chi connectivity index (χ4n) is 2.64. The highest BCUT2D eigenvalue weighted by Gasteiger charge is 2.17. The highest BCUT2D eigenvalue weighted by molar-refractivity contribution is 5.53. The number of hydrogen-bond donors (Lipinski definition) is 1. The van der Waals surface area contributed by atoms with Crippen LogP contribution in [0.15, 0.2) is 23.8 Å². The minimum Gasteiger partial charge on any atom is -0.392 e. The maximum absolute atomic E-state index is 13.1. The molecule has 0 unspecified atom stereocenters. The van der Waals surface area contributed by atoms with Gasteiger partial charge in [0.05, 0.1) is 6.61 Å². The van der Waals surface area contributed by atoms with E-state index in [1.807, 2.05) is 0 Å². The first-order valence-electron chi connectivity index (χ1n) is 6.46. The molecule has 1 aliphatic rings. The molecule has 1 saturated carbocycles. The van der Waals surface area contributed by atoms with E-state index in [1.165, 1.54) is 31.4 Å². The third kappa shape index (κ3) is 3.39. The Morgan fingerprint density at radius 3 is 2.28 bits per heavy atom. The Labute approximate surface area is 106 Å². The first-order chi connectivity index (χ1) is 8.69. The van der Waals surface area contributed by atoms with Crippen LogP contribution in [0.25, 0.3) is 6.08 Å². The van der Waals surface area contributed by atoms with Gasteiger partial charge in [-0.3, -0.25) is 0 Å². The van der Waals surface area contributed by atoms with Gasteiger partial charge < -0.3 is 5.11 Å². The summed E-state index contributed by atoms with van der Waals surface area (Å²) in [6.45, 7) is -0.0389. The molecule has 0 saturated heterocycles. The zero-order valence-corrected chi connectivity index (χ0v) is 10.3. The lowest BCUT2D eigenvalue weighted by Gasteiger charge is -2.23. The van der Waals surface area contributed by atoms with Crippen molar-refractivity contribution in [2.45, 2.75) is 32.1 Å². The Hall–Kier alpha value is -1.22. The standard InChI is InChI=1S/C15H18F2O/c16-14-7-11(8-15(17)9-14)6-13(10-18)12-4-2-1-3-5-12/h6-9,12,18H,1-5,10H2/b13-6-. The zero-order chi connectivity index (χ0) is 13.0. The van der Waals surface area contributed by atoms with E-state index in [9.17, 15) is 13.9 Å². The van der Waals surface area contributed by atoms with Crippen LogP contribution in [0.1, 0.15) is 37.7 Å². The molecule has 1 aliphatic carbocycles. The second-order valence-electron chi connectivity index (χ2n) is 4.92. The second-order valence-corrected chi connectivity index (χ2v) is 4.92. The molecule has 1 fully saturated rings. The molecule has 0 heterocycles. The van der Waals surface area contributed by atoms with E-state index in [4.69, 9.17) is 0 Å².